The van der Waals surface area contributed by atoms with Crippen LogP contribution in [0.1, 0.15) is 12.5 Å². The molecule has 1 aromatic rings. The third kappa shape index (κ3) is 4.19. The van der Waals surface area contributed by atoms with Crippen molar-refractivity contribution < 1.29 is 4.79 Å². The van der Waals surface area contributed by atoms with Crippen LogP contribution in [-0.4, -0.2) is 30.9 Å². The largest absolute Gasteiger partial charge is 0.347 e. The van der Waals surface area contributed by atoms with Crippen molar-refractivity contribution in [2.45, 2.75) is 19.5 Å². The summed E-state index contributed by atoms with van der Waals surface area (Å²) in [7, 11) is 3.46. The SMILES string of the molecule is CC(NCc1ccc(Cl)cc1Cl)C(=O)N(C)C. The van der Waals surface area contributed by atoms with Crippen molar-refractivity contribution in [2.24, 2.45) is 0 Å². The van der Waals surface area contributed by atoms with E-state index in [0.717, 1.165) is 5.56 Å². The van der Waals surface area contributed by atoms with Crippen LogP contribution in [0.4, 0.5) is 0 Å². The molecule has 0 heterocycles. The number of benzene rings is 1. The van der Waals surface area contributed by atoms with E-state index in [1.165, 1.54) is 0 Å². The third-order valence-electron chi connectivity index (χ3n) is 2.43. The zero-order valence-electron chi connectivity index (χ0n) is 10.1. The number of hydrogen-bond acceptors (Lipinski definition) is 2. The van der Waals surface area contributed by atoms with Crippen molar-refractivity contribution in [1.29, 1.82) is 0 Å². The number of nitrogens with one attached hydrogen (secondary N) is 1. The summed E-state index contributed by atoms with van der Waals surface area (Å²) in [6.45, 7) is 2.36. The molecule has 1 unspecified atom stereocenters. The van der Waals surface area contributed by atoms with Crippen LogP contribution < -0.4 is 5.32 Å². The van der Waals surface area contributed by atoms with Crippen molar-refractivity contribution in [3.63, 3.8) is 0 Å². The summed E-state index contributed by atoms with van der Waals surface area (Å²) in [5.74, 6) is 0.0371. The van der Waals surface area contributed by atoms with Crippen LogP contribution in [0.5, 0.6) is 0 Å². The summed E-state index contributed by atoms with van der Waals surface area (Å²) >= 11 is 11.8. The number of rotatable bonds is 4. The highest BCUT2D eigenvalue weighted by Gasteiger charge is 2.14. The maximum Gasteiger partial charge on any atom is 0.238 e. The standard InChI is InChI=1S/C12H16Cl2N2O/c1-8(12(17)16(2)3)15-7-9-4-5-10(13)6-11(9)14/h4-6,8,15H,7H2,1-3H3. The predicted molar refractivity (Wildman–Crippen MR) is 71.5 cm³/mol. The molecule has 1 aromatic carbocycles. The van der Waals surface area contributed by atoms with Crippen LogP contribution in [0.15, 0.2) is 18.2 Å². The predicted octanol–water partition coefficient (Wildman–Crippen LogP) is 2.56. The minimum atomic E-state index is -0.239. The number of carbonyl (C=O) groups excluding carboxylic acids is 1. The molecule has 0 aromatic heterocycles. The molecule has 94 valence electrons. The van der Waals surface area contributed by atoms with E-state index < -0.39 is 0 Å². The molecular weight excluding hydrogens is 259 g/mol. The number of halogens is 2. The molecular formula is C12H16Cl2N2O. The van der Waals surface area contributed by atoms with Gasteiger partial charge in [0.15, 0.2) is 0 Å². The maximum atomic E-state index is 11.6. The average Bonchev–Trinajstić information content (AvgIpc) is 2.26. The summed E-state index contributed by atoms with van der Waals surface area (Å²) in [6.07, 6.45) is 0. The Labute approximate surface area is 112 Å². The lowest BCUT2D eigenvalue weighted by Crippen LogP contribution is -2.41. The molecule has 0 aliphatic rings. The molecule has 5 heteroatoms. The van der Waals surface area contributed by atoms with Crippen LogP contribution in [0.2, 0.25) is 10.0 Å². The van der Waals surface area contributed by atoms with Crippen LogP contribution in [0, 0.1) is 0 Å². The van der Waals surface area contributed by atoms with Gasteiger partial charge in [-0.05, 0) is 24.6 Å². The molecule has 1 atom stereocenters. The average molecular weight is 275 g/mol. The van der Waals surface area contributed by atoms with E-state index in [0.29, 0.717) is 16.6 Å². The zero-order chi connectivity index (χ0) is 13.0. The van der Waals surface area contributed by atoms with Crippen molar-refractivity contribution in [3.05, 3.63) is 33.8 Å². The van der Waals surface area contributed by atoms with Gasteiger partial charge in [-0.15, -0.1) is 0 Å². The Morgan fingerprint density at radius 3 is 2.59 bits per heavy atom. The van der Waals surface area contributed by atoms with Gasteiger partial charge in [0.25, 0.3) is 0 Å². The minimum Gasteiger partial charge on any atom is -0.347 e. The summed E-state index contributed by atoms with van der Waals surface area (Å²) < 4.78 is 0. The minimum absolute atomic E-state index is 0.0371. The van der Waals surface area contributed by atoms with E-state index in [9.17, 15) is 4.79 Å². The molecule has 1 rings (SSSR count). The Hall–Kier alpha value is -0.770. The highest BCUT2D eigenvalue weighted by atomic mass is 35.5. The normalized spacial score (nSPS) is 12.3. The lowest BCUT2D eigenvalue weighted by atomic mass is 10.2. The van der Waals surface area contributed by atoms with Gasteiger partial charge in [-0.3, -0.25) is 4.79 Å². The van der Waals surface area contributed by atoms with Crippen molar-refractivity contribution in [2.75, 3.05) is 14.1 Å². The lowest BCUT2D eigenvalue weighted by Gasteiger charge is -2.18. The van der Waals surface area contributed by atoms with Gasteiger partial charge in [-0.2, -0.15) is 0 Å². The molecule has 0 radical (unpaired) electrons. The topological polar surface area (TPSA) is 32.3 Å². The second kappa shape index (κ2) is 6.24. The van der Waals surface area contributed by atoms with Crippen LogP contribution in [0.3, 0.4) is 0 Å². The molecule has 1 N–H and O–H groups in total. The number of nitrogens with zero attached hydrogens (tertiary/aromatic N) is 1. The Morgan fingerprint density at radius 1 is 1.41 bits per heavy atom. The molecule has 17 heavy (non-hydrogen) atoms. The van der Waals surface area contributed by atoms with Gasteiger partial charge in [-0.1, -0.05) is 29.3 Å². The van der Waals surface area contributed by atoms with Crippen molar-refractivity contribution >= 4 is 29.1 Å². The van der Waals surface area contributed by atoms with E-state index in [2.05, 4.69) is 5.32 Å². The van der Waals surface area contributed by atoms with E-state index in [-0.39, 0.29) is 11.9 Å². The van der Waals surface area contributed by atoms with E-state index in [1.54, 1.807) is 31.1 Å². The van der Waals surface area contributed by atoms with Gasteiger partial charge in [0.05, 0.1) is 6.04 Å². The lowest BCUT2D eigenvalue weighted by molar-refractivity contribution is -0.130. The van der Waals surface area contributed by atoms with Crippen LogP contribution in [0.25, 0.3) is 0 Å². The first kappa shape index (κ1) is 14.3. The van der Waals surface area contributed by atoms with Gasteiger partial charge < -0.3 is 10.2 Å². The summed E-state index contributed by atoms with van der Waals surface area (Å²) in [4.78, 5) is 13.2. The van der Waals surface area contributed by atoms with Crippen LogP contribution >= 0.6 is 23.2 Å². The Morgan fingerprint density at radius 2 is 2.06 bits per heavy atom. The van der Waals surface area contributed by atoms with Gasteiger partial charge in [-0.25, -0.2) is 0 Å². The molecule has 0 fully saturated rings. The first-order valence-electron chi connectivity index (χ1n) is 5.30. The Bertz CT molecular complexity index is 407. The maximum absolute atomic E-state index is 11.6. The van der Waals surface area contributed by atoms with Gasteiger partial charge in [0.1, 0.15) is 0 Å². The van der Waals surface area contributed by atoms with E-state index in [1.807, 2.05) is 13.0 Å². The number of carbonyl (C=O) groups is 1. The molecule has 0 saturated carbocycles. The monoisotopic (exact) mass is 274 g/mol. The Balaban J connectivity index is 2.59. The van der Waals surface area contributed by atoms with Gasteiger partial charge in [0.2, 0.25) is 5.91 Å². The number of amides is 1. The zero-order valence-corrected chi connectivity index (χ0v) is 11.6. The molecule has 0 aliphatic heterocycles. The van der Waals surface area contributed by atoms with E-state index in [4.69, 9.17) is 23.2 Å². The number of likely N-dealkylation sites (N-methyl/N-ethyl adjacent to an activating group) is 1. The molecule has 3 nitrogen and oxygen atoms in total. The third-order valence-corrected chi connectivity index (χ3v) is 3.01. The number of hydrogen-bond donors (Lipinski definition) is 1. The summed E-state index contributed by atoms with van der Waals surface area (Å²) in [5, 5.41) is 4.34. The smallest absolute Gasteiger partial charge is 0.238 e. The fourth-order valence-corrected chi connectivity index (χ4v) is 1.88. The quantitative estimate of drug-likeness (QED) is 0.916. The van der Waals surface area contributed by atoms with Crippen molar-refractivity contribution in [3.8, 4) is 0 Å². The second-order valence-corrected chi connectivity index (χ2v) is 4.91. The summed E-state index contributed by atoms with van der Waals surface area (Å²) in [5.41, 5.74) is 0.925. The first-order chi connectivity index (χ1) is 7.91. The fraction of sp³-hybridized carbons (Fsp3) is 0.417. The van der Waals surface area contributed by atoms with Crippen LogP contribution in [-0.2, 0) is 11.3 Å². The van der Waals surface area contributed by atoms with Gasteiger partial charge in [0, 0.05) is 30.7 Å². The highest BCUT2D eigenvalue weighted by Crippen LogP contribution is 2.20. The molecule has 0 bridgehead atoms. The Kier molecular flexibility index (Phi) is 5.25. The molecule has 1 amide bonds. The van der Waals surface area contributed by atoms with Gasteiger partial charge >= 0.3 is 0 Å². The fourth-order valence-electron chi connectivity index (χ4n) is 1.40. The first-order valence-corrected chi connectivity index (χ1v) is 6.06. The molecule has 0 saturated heterocycles. The summed E-state index contributed by atoms with van der Waals surface area (Å²) in [6, 6.07) is 5.09. The molecule has 0 spiro atoms. The molecule has 0 aliphatic carbocycles. The second-order valence-electron chi connectivity index (χ2n) is 4.07. The van der Waals surface area contributed by atoms with Crippen molar-refractivity contribution in [1.82, 2.24) is 10.2 Å². The van der Waals surface area contributed by atoms with E-state index >= 15 is 0 Å². The highest BCUT2D eigenvalue weighted by molar-refractivity contribution is 6.35.